The number of esters is 1. The zero-order valence-electron chi connectivity index (χ0n) is 10.9. The fraction of sp³-hybridized carbons (Fsp3) is 0.385. The molecular formula is C13H16N2O2S. The van der Waals surface area contributed by atoms with Gasteiger partial charge in [-0.2, -0.15) is 0 Å². The molecule has 0 radical (unpaired) electrons. The van der Waals surface area contributed by atoms with Gasteiger partial charge in [0, 0.05) is 11.6 Å². The Morgan fingerprint density at radius 3 is 2.67 bits per heavy atom. The first-order valence-corrected chi connectivity index (χ1v) is 6.48. The summed E-state index contributed by atoms with van der Waals surface area (Å²) in [5, 5.41) is 0.850. The summed E-state index contributed by atoms with van der Waals surface area (Å²) in [5.74, 6) is -0.387. The molecule has 2 rings (SSSR count). The van der Waals surface area contributed by atoms with Crippen molar-refractivity contribution >= 4 is 33.2 Å². The predicted octanol–water partition coefficient (Wildman–Crippen LogP) is 3.14. The largest absolute Gasteiger partial charge is 0.456 e. The van der Waals surface area contributed by atoms with Crippen LogP contribution in [0, 0.1) is 6.92 Å². The second-order valence-electron chi connectivity index (χ2n) is 5.15. The monoisotopic (exact) mass is 264 g/mol. The highest BCUT2D eigenvalue weighted by Gasteiger charge is 2.23. The minimum Gasteiger partial charge on any atom is -0.456 e. The van der Waals surface area contributed by atoms with Crippen LogP contribution in [0.15, 0.2) is 12.3 Å². The fourth-order valence-electron chi connectivity index (χ4n) is 1.68. The number of hydrogen-bond donors (Lipinski definition) is 1. The standard InChI is InChI=1S/C13H16N2O2S/c1-7-5-6-15-11-8(7)9(14)10(18-11)12(16)17-13(2,3)4/h5-6H,14H2,1-4H3. The average Bonchev–Trinajstić information content (AvgIpc) is 2.55. The number of aromatic nitrogens is 1. The lowest BCUT2D eigenvalue weighted by Crippen LogP contribution is -2.23. The number of thiophene rings is 1. The van der Waals surface area contributed by atoms with Crippen LogP contribution in [0.1, 0.15) is 36.0 Å². The minimum absolute atomic E-state index is 0.387. The van der Waals surface area contributed by atoms with Gasteiger partial charge in [0.2, 0.25) is 0 Å². The van der Waals surface area contributed by atoms with Gasteiger partial charge in [-0.15, -0.1) is 11.3 Å². The lowest BCUT2D eigenvalue weighted by atomic mass is 10.1. The number of hydrogen-bond acceptors (Lipinski definition) is 5. The van der Waals surface area contributed by atoms with Gasteiger partial charge < -0.3 is 10.5 Å². The van der Waals surface area contributed by atoms with E-state index in [1.165, 1.54) is 11.3 Å². The van der Waals surface area contributed by atoms with Gasteiger partial charge in [-0.25, -0.2) is 9.78 Å². The zero-order chi connectivity index (χ0) is 13.5. The molecule has 2 heterocycles. The van der Waals surface area contributed by atoms with E-state index in [0.717, 1.165) is 15.8 Å². The fourth-order valence-corrected chi connectivity index (χ4v) is 2.70. The van der Waals surface area contributed by atoms with E-state index in [9.17, 15) is 4.79 Å². The van der Waals surface area contributed by atoms with E-state index in [-0.39, 0.29) is 5.97 Å². The van der Waals surface area contributed by atoms with Gasteiger partial charge >= 0.3 is 5.97 Å². The van der Waals surface area contributed by atoms with Gasteiger partial charge in [0.05, 0.1) is 5.69 Å². The van der Waals surface area contributed by atoms with E-state index in [1.54, 1.807) is 6.20 Å². The third-order valence-corrected chi connectivity index (χ3v) is 3.52. The lowest BCUT2D eigenvalue weighted by Gasteiger charge is -2.18. The van der Waals surface area contributed by atoms with Crippen molar-refractivity contribution in [1.82, 2.24) is 4.98 Å². The summed E-state index contributed by atoms with van der Waals surface area (Å²) in [6.45, 7) is 7.44. The van der Waals surface area contributed by atoms with Crippen LogP contribution in [0.2, 0.25) is 0 Å². The van der Waals surface area contributed by atoms with Crippen LogP contribution in [-0.2, 0) is 4.74 Å². The predicted molar refractivity (Wildman–Crippen MR) is 73.9 cm³/mol. The quantitative estimate of drug-likeness (QED) is 0.804. The van der Waals surface area contributed by atoms with Crippen molar-refractivity contribution in [3.8, 4) is 0 Å². The normalized spacial score (nSPS) is 11.8. The first kappa shape index (κ1) is 12.8. The molecule has 2 aromatic heterocycles. The van der Waals surface area contributed by atoms with Crippen molar-refractivity contribution in [3.63, 3.8) is 0 Å². The van der Waals surface area contributed by atoms with Gasteiger partial charge in [-0.1, -0.05) is 0 Å². The molecule has 0 amide bonds. The minimum atomic E-state index is -0.526. The first-order valence-electron chi connectivity index (χ1n) is 5.66. The van der Waals surface area contributed by atoms with Crippen molar-refractivity contribution in [2.45, 2.75) is 33.3 Å². The maximum atomic E-state index is 12.0. The Kier molecular flexibility index (Phi) is 3.02. The van der Waals surface area contributed by atoms with E-state index in [4.69, 9.17) is 10.5 Å². The molecule has 5 heteroatoms. The number of anilines is 1. The molecule has 0 saturated heterocycles. The maximum Gasteiger partial charge on any atom is 0.351 e. The highest BCUT2D eigenvalue weighted by atomic mass is 32.1. The number of carbonyl (C=O) groups is 1. The van der Waals surface area contributed by atoms with E-state index in [0.29, 0.717) is 10.6 Å². The van der Waals surface area contributed by atoms with Crippen molar-refractivity contribution in [3.05, 3.63) is 22.7 Å². The summed E-state index contributed by atoms with van der Waals surface area (Å²) < 4.78 is 5.34. The lowest BCUT2D eigenvalue weighted by molar-refractivity contribution is 0.00765. The molecule has 0 aliphatic heterocycles. The number of fused-ring (bicyclic) bond motifs is 1. The van der Waals surface area contributed by atoms with Gasteiger partial charge in [-0.3, -0.25) is 0 Å². The molecule has 0 atom stereocenters. The Labute approximate surface area is 110 Å². The van der Waals surface area contributed by atoms with E-state index in [1.807, 2.05) is 33.8 Å². The number of nitrogens with zero attached hydrogens (tertiary/aromatic N) is 1. The summed E-state index contributed by atoms with van der Waals surface area (Å²) in [6.07, 6.45) is 1.71. The summed E-state index contributed by atoms with van der Waals surface area (Å²) in [4.78, 5) is 17.5. The zero-order valence-corrected chi connectivity index (χ0v) is 11.7. The highest BCUT2D eigenvalue weighted by Crippen LogP contribution is 2.35. The molecule has 0 aromatic carbocycles. The Morgan fingerprint density at radius 1 is 1.44 bits per heavy atom. The maximum absolute atomic E-state index is 12.0. The van der Waals surface area contributed by atoms with Crippen molar-refractivity contribution in [2.75, 3.05) is 5.73 Å². The van der Waals surface area contributed by atoms with Crippen LogP contribution < -0.4 is 5.73 Å². The number of aryl methyl sites for hydroxylation is 1. The van der Waals surface area contributed by atoms with E-state index >= 15 is 0 Å². The molecule has 96 valence electrons. The van der Waals surface area contributed by atoms with Crippen LogP contribution in [0.5, 0.6) is 0 Å². The molecular weight excluding hydrogens is 248 g/mol. The first-order chi connectivity index (χ1) is 8.29. The summed E-state index contributed by atoms with van der Waals surface area (Å²) >= 11 is 1.28. The number of ether oxygens (including phenoxy) is 1. The number of carbonyl (C=O) groups excluding carboxylic acids is 1. The molecule has 0 bridgehead atoms. The molecule has 0 aliphatic rings. The third kappa shape index (κ3) is 2.31. The molecule has 0 aliphatic carbocycles. The van der Waals surface area contributed by atoms with E-state index < -0.39 is 5.60 Å². The van der Waals surface area contributed by atoms with Crippen molar-refractivity contribution in [2.24, 2.45) is 0 Å². The second kappa shape index (κ2) is 4.24. The Balaban J connectivity index is 2.50. The van der Waals surface area contributed by atoms with Crippen LogP contribution in [0.25, 0.3) is 10.2 Å². The van der Waals surface area contributed by atoms with Gasteiger partial charge in [0.1, 0.15) is 15.3 Å². The molecule has 0 unspecified atom stereocenters. The van der Waals surface area contributed by atoms with E-state index in [2.05, 4.69) is 4.98 Å². The number of pyridine rings is 1. The molecule has 0 spiro atoms. The average molecular weight is 264 g/mol. The number of nitrogens with two attached hydrogens (primary N) is 1. The van der Waals surface area contributed by atoms with Crippen LogP contribution >= 0.6 is 11.3 Å². The third-order valence-electron chi connectivity index (χ3n) is 2.42. The molecule has 0 fully saturated rings. The summed E-state index contributed by atoms with van der Waals surface area (Å²) in [5.41, 5.74) is 6.99. The van der Waals surface area contributed by atoms with Crippen LogP contribution in [0.3, 0.4) is 0 Å². The van der Waals surface area contributed by atoms with Crippen molar-refractivity contribution in [1.29, 1.82) is 0 Å². The Morgan fingerprint density at radius 2 is 2.11 bits per heavy atom. The van der Waals surface area contributed by atoms with Crippen LogP contribution in [-0.4, -0.2) is 16.6 Å². The number of nitrogen functional groups attached to an aromatic ring is 1. The topological polar surface area (TPSA) is 65.2 Å². The molecule has 18 heavy (non-hydrogen) atoms. The van der Waals surface area contributed by atoms with Gasteiger partial charge in [-0.05, 0) is 39.3 Å². The summed E-state index contributed by atoms with van der Waals surface area (Å²) in [6, 6.07) is 1.88. The van der Waals surface area contributed by atoms with Gasteiger partial charge in [0.25, 0.3) is 0 Å². The molecule has 0 saturated carbocycles. The van der Waals surface area contributed by atoms with Crippen LogP contribution in [0.4, 0.5) is 5.69 Å². The smallest absolute Gasteiger partial charge is 0.351 e. The van der Waals surface area contributed by atoms with Gasteiger partial charge in [0.15, 0.2) is 0 Å². The SMILES string of the molecule is Cc1ccnc2sc(C(=O)OC(C)(C)C)c(N)c12. The summed E-state index contributed by atoms with van der Waals surface area (Å²) in [7, 11) is 0. The molecule has 4 nitrogen and oxygen atoms in total. The molecule has 2 N–H and O–H groups in total. The van der Waals surface area contributed by atoms with Crippen molar-refractivity contribution < 1.29 is 9.53 Å². The highest BCUT2D eigenvalue weighted by molar-refractivity contribution is 7.21. The number of rotatable bonds is 1. The second-order valence-corrected chi connectivity index (χ2v) is 6.15. The Bertz CT molecular complexity index is 611. The molecule has 2 aromatic rings. The Hall–Kier alpha value is -1.62.